The van der Waals surface area contributed by atoms with Crippen molar-refractivity contribution in [3.63, 3.8) is 0 Å². The number of benzene rings is 3. The Morgan fingerprint density at radius 2 is 1.64 bits per heavy atom. The number of amides is 1. The summed E-state index contributed by atoms with van der Waals surface area (Å²) < 4.78 is 39.0. The minimum absolute atomic E-state index is 0.0260. The Morgan fingerprint density at radius 1 is 0.917 bits per heavy atom. The van der Waals surface area contributed by atoms with Crippen LogP contribution in [0.15, 0.2) is 72.3 Å². The molecule has 1 atom stereocenters. The highest BCUT2D eigenvalue weighted by molar-refractivity contribution is 6.51. The molecule has 1 heterocycles. The molecule has 0 saturated carbocycles. The molecule has 1 amide bonds. The number of hydrogen-bond acceptors (Lipinski definition) is 5. The average molecular weight is 494 g/mol. The van der Waals surface area contributed by atoms with Crippen LogP contribution < -0.4 is 14.4 Å². The van der Waals surface area contributed by atoms with Crippen LogP contribution >= 0.6 is 0 Å². The van der Waals surface area contributed by atoms with Crippen molar-refractivity contribution in [2.24, 2.45) is 0 Å². The van der Waals surface area contributed by atoms with Gasteiger partial charge in [-0.15, -0.1) is 0 Å². The lowest BCUT2D eigenvalue weighted by molar-refractivity contribution is -0.132. The number of halogens is 2. The number of anilines is 1. The largest absolute Gasteiger partial charge is 0.507 e. The topological polar surface area (TPSA) is 76.1 Å². The normalized spacial score (nSPS) is 16.9. The van der Waals surface area contributed by atoms with Crippen molar-refractivity contribution >= 4 is 23.1 Å². The minimum atomic E-state index is -1.17. The van der Waals surface area contributed by atoms with E-state index < -0.39 is 35.1 Å². The summed E-state index contributed by atoms with van der Waals surface area (Å²) in [5, 5.41) is 11.3. The van der Waals surface area contributed by atoms with Crippen LogP contribution in [0.2, 0.25) is 0 Å². The van der Waals surface area contributed by atoms with Gasteiger partial charge in [-0.05, 0) is 55.3 Å². The summed E-state index contributed by atoms with van der Waals surface area (Å²) in [5.41, 5.74) is 0.510. The van der Waals surface area contributed by atoms with E-state index in [-0.39, 0.29) is 16.8 Å². The van der Waals surface area contributed by atoms with Gasteiger partial charge in [0.05, 0.1) is 24.8 Å². The molecule has 1 aliphatic rings. The van der Waals surface area contributed by atoms with Gasteiger partial charge in [0.25, 0.3) is 11.7 Å². The number of ether oxygens (including phenoxy) is 2. The molecule has 0 bridgehead atoms. The third kappa shape index (κ3) is 4.79. The van der Waals surface area contributed by atoms with Gasteiger partial charge in [0, 0.05) is 17.3 Å². The van der Waals surface area contributed by atoms with Crippen LogP contribution in [0.1, 0.15) is 37.4 Å². The summed E-state index contributed by atoms with van der Waals surface area (Å²) in [6, 6.07) is 15.1. The zero-order valence-electron chi connectivity index (χ0n) is 19.8. The van der Waals surface area contributed by atoms with Crippen LogP contribution in [0.5, 0.6) is 11.5 Å². The highest BCUT2D eigenvalue weighted by Gasteiger charge is 2.47. The molecule has 1 unspecified atom stereocenters. The number of aliphatic hydroxyl groups is 1. The van der Waals surface area contributed by atoms with Gasteiger partial charge in [-0.3, -0.25) is 14.5 Å². The van der Waals surface area contributed by atoms with E-state index in [0.29, 0.717) is 30.3 Å². The number of Topliss-reactive ketones (excluding diaryl/α,β-unsaturated/α-hetero) is 1. The van der Waals surface area contributed by atoms with Crippen molar-refractivity contribution in [3.8, 4) is 11.5 Å². The van der Waals surface area contributed by atoms with E-state index in [0.717, 1.165) is 23.5 Å². The highest BCUT2D eigenvalue weighted by atomic mass is 19.2. The highest BCUT2D eigenvalue weighted by Crippen LogP contribution is 2.43. The molecule has 3 aromatic rings. The third-order valence-electron chi connectivity index (χ3n) is 5.69. The standard InChI is InChI=1S/C28H25F2NO5/c1-3-13-36-21-10-6-8-18(15-21)26(32)24-25(17-7-5-9-20(14-17)35-4-2)31(28(34)27(24)33)19-11-12-22(29)23(30)16-19/h5-12,14-16,25,32H,3-4,13H2,1-2H3/b26-24+. The first-order valence-electron chi connectivity index (χ1n) is 11.6. The molecule has 1 N–H and O–H groups in total. The number of nitrogens with zero attached hydrogens (tertiary/aromatic N) is 1. The fourth-order valence-electron chi connectivity index (χ4n) is 4.10. The summed E-state index contributed by atoms with van der Waals surface area (Å²) in [6.07, 6.45) is 0.783. The van der Waals surface area contributed by atoms with E-state index in [4.69, 9.17) is 9.47 Å². The Bertz CT molecular complexity index is 1340. The Hall–Kier alpha value is -4.20. The maximum Gasteiger partial charge on any atom is 0.300 e. The number of aliphatic hydroxyl groups excluding tert-OH is 1. The van der Waals surface area contributed by atoms with E-state index in [9.17, 15) is 23.5 Å². The van der Waals surface area contributed by atoms with Gasteiger partial charge in [0.2, 0.25) is 0 Å². The van der Waals surface area contributed by atoms with Crippen molar-refractivity contribution in [2.45, 2.75) is 26.3 Å². The molecule has 1 aliphatic heterocycles. The molecule has 0 aliphatic carbocycles. The lowest BCUT2D eigenvalue weighted by atomic mass is 9.95. The van der Waals surface area contributed by atoms with Crippen LogP contribution in [0.25, 0.3) is 5.76 Å². The van der Waals surface area contributed by atoms with E-state index in [1.54, 1.807) is 48.5 Å². The van der Waals surface area contributed by atoms with E-state index in [1.165, 1.54) is 6.07 Å². The molecule has 1 saturated heterocycles. The fraction of sp³-hybridized carbons (Fsp3) is 0.214. The fourth-order valence-corrected chi connectivity index (χ4v) is 4.10. The Kier molecular flexibility index (Phi) is 7.33. The average Bonchev–Trinajstić information content (AvgIpc) is 3.15. The Balaban J connectivity index is 1.91. The second-order valence-electron chi connectivity index (χ2n) is 8.15. The molecule has 3 aromatic carbocycles. The number of rotatable bonds is 8. The molecular formula is C28H25F2NO5. The summed E-state index contributed by atoms with van der Waals surface area (Å²) in [5.74, 6) is -3.62. The third-order valence-corrected chi connectivity index (χ3v) is 5.69. The van der Waals surface area contributed by atoms with Crippen LogP contribution in [-0.4, -0.2) is 30.0 Å². The zero-order valence-corrected chi connectivity index (χ0v) is 19.8. The predicted octanol–water partition coefficient (Wildman–Crippen LogP) is 5.78. The SMILES string of the molecule is CCCOc1cccc(/C(O)=C2\C(=O)C(=O)N(c3ccc(F)c(F)c3)C2c2cccc(OCC)c2)c1. The van der Waals surface area contributed by atoms with Crippen molar-refractivity contribution in [2.75, 3.05) is 18.1 Å². The second-order valence-corrected chi connectivity index (χ2v) is 8.15. The molecule has 0 aromatic heterocycles. The first-order valence-corrected chi connectivity index (χ1v) is 11.6. The first kappa shape index (κ1) is 24.9. The van der Waals surface area contributed by atoms with Gasteiger partial charge in [-0.25, -0.2) is 8.78 Å². The lowest BCUT2D eigenvalue weighted by Gasteiger charge is -2.26. The molecule has 186 valence electrons. The smallest absolute Gasteiger partial charge is 0.300 e. The quantitative estimate of drug-likeness (QED) is 0.245. The molecular weight excluding hydrogens is 468 g/mol. The number of hydrogen-bond donors (Lipinski definition) is 1. The van der Waals surface area contributed by atoms with Crippen molar-refractivity contribution < 1.29 is 33.0 Å². The van der Waals surface area contributed by atoms with Gasteiger partial charge < -0.3 is 14.6 Å². The first-order chi connectivity index (χ1) is 17.3. The van der Waals surface area contributed by atoms with Crippen LogP contribution in [0, 0.1) is 11.6 Å². The number of carbonyl (C=O) groups is 2. The van der Waals surface area contributed by atoms with Crippen molar-refractivity contribution in [3.05, 3.63) is 95.1 Å². The van der Waals surface area contributed by atoms with Gasteiger partial charge in [0.15, 0.2) is 11.6 Å². The molecule has 0 radical (unpaired) electrons. The van der Waals surface area contributed by atoms with Crippen molar-refractivity contribution in [1.29, 1.82) is 0 Å². The summed E-state index contributed by atoms with van der Waals surface area (Å²) in [4.78, 5) is 27.5. The van der Waals surface area contributed by atoms with Gasteiger partial charge in [-0.2, -0.15) is 0 Å². The monoisotopic (exact) mass is 493 g/mol. The molecule has 36 heavy (non-hydrogen) atoms. The van der Waals surface area contributed by atoms with Crippen LogP contribution in [0.4, 0.5) is 14.5 Å². The van der Waals surface area contributed by atoms with E-state index >= 15 is 0 Å². The van der Waals surface area contributed by atoms with Gasteiger partial charge >= 0.3 is 0 Å². The molecule has 4 rings (SSSR count). The zero-order chi connectivity index (χ0) is 25.8. The lowest BCUT2D eigenvalue weighted by Crippen LogP contribution is -2.29. The van der Waals surface area contributed by atoms with Crippen LogP contribution in [0.3, 0.4) is 0 Å². The summed E-state index contributed by atoms with van der Waals surface area (Å²) in [6.45, 7) is 4.62. The maximum atomic E-state index is 14.1. The maximum absolute atomic E-state index is 14.1. The predicted molar refractivity (Wildman–Crippen MR) is 131 cm³/mol. The van der Waals surface area contributed by atoms with E-state index in [2.05, 4.69) is 0 Å². The molecule has 1 fully saturated rings. The summed E-state index contributed by atoms with van der Waals surface area (Å²) in [7, 11) is 0. The van der Waals surface area contributed by atoms with E-state index in [1.807, 2.05) is 13.8 Å². The Morgan fingerprint density at radius 3 is 2.33 bits per heavy atom. The minimum Gasteiger partial charge on any atom is -0.507 e. The van der Waals surface area contributed by atoms with Gasteiger partial charge in [0.1, 0.15) is 17.3 Å². The molecule has 0 spiro atoms. The van der Waals surface area contributed by atoms with Gasteiger partial charge in [-0.1, -0.05) is 31.2 Å². The van der Waals surface area contributed by atoms with Crippen LogP contribution in [-0.2, 0) is 9.59 Å². The number of carbonyl (C=O) groups excluding carboxylic acids is 2. The van der Waals surface area contributed by atoms with Crippen molar-refractivity contribution in [1.82, 2.24) is 0 Å². The Labute approximate surface area is 207 Å². The summed E-state index contributed by atoms with van der Waals surface area (Å²) >= 11 is 0. The second kappa shape index (κ2) is 10.6. The molecule has 8 heteroatoms. The molecule has 6 nitrogen and oxygen atoms in total. The number of ketones is 1.